The first kappa shape index (κ1) is 12.8. The van der Waals surface area contributed by atoms with Crippen LogP contribution in [0.25, 0.3) is 10.9 Å². The molecule has 3 nitrogen and oxygen atoms in total. The molecule has 1 N–H and O–H groups in total. The minimum atomic E-state index is -0.143. The monoisotopic (exact) mass is 284 g/mol. The number of carbonyl (C=O) groups excluding carboxylic acids is 1. The average molecular weight is 285 g/mol. The Balaban J connectivity index is 1.90. The van der Waals surface area contributed by atoms with Crippen molar-refractivity contribution in [3.05, 3.63) is 65.3 Å². The van der Waals surface area contributed by atoms with E-state index in [0.29, 0.717) is 16.3 Å². The summed E-state index contributed by atoms with van der Waals surface area (Å²) in [6.07, 6.45) is 1.98. The molecule has 0 unspecified atom stereocenters. The Bertz CT molecular complexity index is 792. The van der Waals surface area contributed by atoms with Crippen molar-refractivity contribution in [2.24, 2.45) is 7.05 Å². The summed E-state index contributed by atoms with van der Waals surface area (Å²) in [6.45, 7) is 0. The van der Waals surface area contributed by atoms with Crippen molar-refractivity contribution in [3.63, 3.8) is 0 Å². The molecule has 100 valence electrons. The summed E-state index contributed by atoms with van der Waals surface area (Å²) in [4.78, 5) is 12.2. The fourth-order valence-electron chi connectivity index (χ4n) is 2.17. The molecule has 0 atom stereocenters. The van der Waals surface area contributed by atoms with Gasteiger partial charge in [0.25, 0.3) is 5.91 Å². The quantitative estimate of drug-likeness (QED) is 0.756. The van der Waals surface area contributed by atoms with Gasteiger partial charge >= 0.3 is 0 Å². The first-order valence-corrected chi connectivity index (χ1v) is 6.63. The number of nitrogens with zero attached hydrogens (tertiary/aromatic N) is 1. The Morgan fingerprint density at radius 2 is 2.00 bits per heavy atom. The summed E-state index contributed by atoms with van der Waals surface area (Å²) in [5.41, 5.74) is 2.34. The molecule has 0 aliphatic heterocycles. The van der Waals surface area contributed by atoms with Crippen LogP contribution in [0.4, 0.5) is 5.69 Å². The van der Waals surface area contributed by atoms with Crippen molar-refractivity contribution in [1.82, 2.24) is 4.57 Å². The lowest BCUT2D eigenvalue weighted by Crippen LogP contribution is -2.11. The highest BCUT2D eigenvalue weighted by Gasteiger charge is 2.08. The van der Waals surface area contributed by atoms with Crippen LogP contribution in [0, 0.1) is 0 Å². The molecule has 3 rings (SSSR count). The highest BCUT2D eigenvalue weighted by Crippen LogP contribution is 2.19. The smallest absolute Gasteiger partial charge is 0.255 e. The molecule has 0 aliphatic carbocycles. The zero-order valence-corrected chi connectivity index (χ0v) is 11.7. The van der Waals surface area contributed by atoms with Crippen molar-refractivity contribution < 1.29 is 4.79 Å². The summed E-state index contributed by atoms with van der Waals surface area (Å²) in [5, 5.41) is 4.56. The van der Waals surface area contributed by atoms with E-state index in [9.17, 15) is 4.79 Å². The number of anilines is 1. The number of amides is 1. The van der Waals surface area contributed by atoms with Gasteiger partial charge in [0.05, 0.1) is 0 Å². The second kappa shape index (κ2) is 5.02. The van der Waals surface area contributed by atoms with E-state index in [1.54, 1.807) is 18.2 Å². The lowest BCUT2D eigenvalue weighted by molar-refractivity contribution is 0.102. The van der Waals surface area contributed by atoms with E-state index < -0.39 is 0 Å². The highest BCUT2D eigenvalue weighted by atomic mass is 35.5. The van der Waals surface area contributed by atoms with Crippen LogP contribution < -0.4 is 5.32 Å². The molecule has 3 aromatic rings. The Morgan fingerprint density at radius 3 is 2.80 bits per heavy atom. The van der Waals surface area contributed by atoms with E-state index in [0.717, 1.165) is 10.9 Å². The van der Waals surface area contributed by atoms with Crippen LogP contribution in [-0.2, 0) is 7.05 Å². The van der Waals surface area contributed by atoms with Crippen LogP contribution in [-0.4, -0.2) is 10.5 Å². The third-order valence-electron chi connectivity index (χ3n) is 3.23. The molecule has 1 aromatic heterocycles. The molecule has 1 amide bonds. The summed E-state index contributed by atoms with van der Waals surface area (Å²) >= 11 is 5.90. The number of rotatable bonds is 2. The Kier molecular flexibility index (Phi) is 3.20. The summed E-state index contributed by atoms with van der Waals surface area (Å²) < 4.78 is 1.99. The van der Waals surface area contributed by atoms with Crippen molar-refractivity contribution >= 4 is 34.1 Å². The maximum absolute atomic E-state index is 12.2. The molecule has 1 heterocycles. The number of hydrogen-bond acceptors (Lipinski definition) is 1. The van der Waals surface area contributed by atoms with Gasteiger partial charge in [0.1, 0.15) is 0 Å². The van der Waals surface area contributed by atoms with Crippen molar-refractivity contribution in [3.8, 4) is 0 Å². The van der Waals surface area contributed by atoms with Crippen LogP contribution in [0.15, 0.2) is 54.7 Å². The van der Waals surface area contributed by atoms with E-state index in [4.69, 9.17) is 11.6 Å². The zero-order chi connectivity index (χ0) is 14.1. The summed E-state index contributed by atoms with van der Waals surface area (Å²) in [6, 6.07) is 14.8. The standard InChI is InChI=1S/C16H13ClN2O/c1-19-8-7-11-5-6-12(9-15(11)19)16(20)18-14-4-2-3-13(17)10-14/h2-10H,1H3,(H,18,20). The van der Waals surface area contributed by atoms with Crippen LogP contribution in [0.5, 0.6) is 0 Å². The minimum absolute atomic E-state index is 0.143. The predicted octanol–water partition coefficient (Wildman–Crippen LogP) is 4.08. The van der Waals surface area contributed by atoms with Crippen LogP contribution in [0.2, 0.25) is 5.02 Å². The van der Waals surface area contributed by atoms with Crippen molar-refractivity contribution in [1.29, 1.82) is 0 Å². The van der Waals surface area contributed by atoms with E-state index in [1.807, 2.05) is 48.1 Å². The van der Waals surface area contributed by atoms with Gasteiger partial charge in [-0.15, -0.1) is 0 Å². The van der Waals surface area contributed by atoms with Gasteiger partial charge in [-0.3, -0.25) is 4.79 Å². The molecular weight excluding hydrogens is 272 g/mol. The maximum Gasteiger partial charge on any atom is 0.255 e. The maximum atomic E-state index is 12.2. The lowest BCUT2D eigenvalue weighted by Gasteiger charge is -2.06. The van der Waals surface area contributed by atoms with Gasteiger partial charge in [0, 0.05) is 35.0 Å². The van der Waals surface area contributed by atoms with E-state index >= 15 is 0 Å². The number of nitrogens with one attached hydrogen (secondary N) is 1. The molecule has 0 fully saturated rings. The van der Waals surface area contributed by atoms with Gasteiger partial charge in [0.15, 0.2) is 0 Å². The van der Waals surface area contributed by atoms with Gasteiger partial charge in [0.2, 0.25) is 0 Å². The van der Waals surface area contributed by atoms with Crippen LogP contribution >= 0.6 is 11.6 Å². The van der Waals surface area contributed by atoms with Gasteiger partial charge in [-0.2, -0.15) is 0 Å². The normalized spacial score (nSPS) is 10.7. The number of fused-ring (bicyclic) bond motifs is 1. The predicted molar refractivity (Wildman–Crippen MR) is 82.3 cm³/mol. The van der Waals surface area contributed by atoms with Gasteiger partial charge in [-0.05, 0) is 41.8 Å². The fourth-order valence-corrected chi connectivity index (χ4v) is 2.36. The first-order valence-electron chi connectivity index (χ1n) is 6.25. The molecule has 4 heteroatoms. The number of benzene rings is 2. The van der Waals surface area contributed by atoms with E-state index in [-0.39, 0.29) is 5.91 Å². The molecule has 0 saturated carbocycles. The molecule has 0 bridgehead atoms. The molecule has 0 saturated heterocycles. The third kappa shape index (κ3) is 2.40. The summed E-state index contributed by atoms with van der Waals surface area (Å²) in [7, 11) is 1.96. The summed E-state index contributed by atoms with van der Waals surface area (Å²) in [5.74, 6) is -0.143. The largest absolute Gasteiger partial charge is 0.351 e. The zero-order valence-electron chi connectivity index (χ0n) is 10.9. The molecule has 2 aromatic carbocycles. The lowest BCUT2D eigenvalue weighted by atomic mass is 10.1. The first-order chi connectivity index (χ1) is 9.63. The number of aromatic nitrogens is 1. The number of carbonyl (C=O) groups is 1. The topological polar surface area (TPSA) is 34.0 Å². The SMILES string of the molecule is Cn1ccc2ccc(C(=O)Nc3cccc(Cl)c3)cc21. The molecule has 20 heavy (non-hydrogen) atoms. The van der Waals surface area contributed by atoms with Crippen molar-refractivity contribution in [2.75, 3.05) is 5.32 Å². The molecule has 0 radical (unpaired) electrons. The fraction of sp³-hybridized carbons (Fsp3) is 0.0625. The Hall–Kier alpha value is -2.26. The third-order valence-corrected chi connectivity index (χ3v) is 3.47. The van der Waals surface area contributed by atoms with Gasteiger partial charge < -0.3 is 9.88 Å². The van der Waals surface area contributed by atoms with E-state index in [2.05, 4.69) is 5.32 Å². The molecule has 0 aliphatic rings. The van der Waals surface area contributed by atoms with Crippen LogP contribution in [0.3, 0.4) is 0 Å². The Labute approximate surface area is 121 Å². The number of aryl methyl sites for hydroxylation is 1. The van der Waals surface area contributed by atoms with Crippen molar-refractivity contribution in [2.45, 2.75) is 0 Å². The van der Waals surface area contributed by atoms with Gasteiger partial charge in [-0.25, -0.2) is 0 Å². The van der Waals surface area contributed by atoms with Gasteiger partial charge in [-0.1, -0.05) is 23.7 Å². The van der Waals surface area contributed by atoms with Crippen LogP contribution in [0.1, 0.15) is 10.4 Å². The second-order valence-electron chi connectivity index (χ2n) is 4.66. The minimum Gasteiger partial charge on any atom is -0.351 e. The molecule has 0 spiro atoms. The average Bonchev–Trinajstić information content (AvgIpc) is 2.80. The van der Waals surface area contributed by atoms with E-state index in [1.165, 1.54) is 0 Å². The highest BCUT2D eigenvalue weighted by molar-refractivity contribution is 6.31. The number of hydrogen-bond donors (Lipinski definition) is 1. The molecular formula is C16H13ClN2O. The second-order valence-corrected chi connectivity index (χ2v) is 5.10. The Morgan fingerprint density at radius 1 is 1.15 bits per heavy atom. The number of halogens is 1.